The number of anilines is 2. The molecule has 1 saturated heterocycles. The number of carbonyl (C=O) groups is 1. The highest BCUT2D eigenvalue weighted by Gasteiger charge is 2.40. The van der Waals surface area contributed by atoms with Gasteiger partial charge in [-0.1, -0.05) is 30.3 Å². The van der Waals surface area contributed by atoms with E-state index in [1.807, 2.05) is 13.0 Å². The van der Waals surface area contributed by atoms with Crippen LogP contribution in [-0.4, -0.2) is 44.6 Å². The second kappa shape index (κ2) is 8.68. The number of rotatable bonds is 3. The van der Waals surface area contributed by atoms with Crippen molar-refractivity contribution in [1.29, 1.82) is 0 Å². The van der Waals surface area contributed by atoms with Gasteiger partial charge >= 0.3 is 0 Å². The molecule has 1 aromatic carbocycles. The van der Waals surface area contributed by atoms with Gasteiger partial charge in [-0.3, -0.25) is 4.79 Å². The van der Waals surface area contributed by atoms with E-state index in [4.69, 9.17) is 20.1 Å². The predicted molar refractivity (Wildman–Crippen MR) is 118 cm³/mol. The third-order valence-electron chi connectivity index (χ3n) is 5.54. The predicted octanol–water partition coefficient (Wildman–Crippen LogP) is 3.25. The fourth-order valence-electron chi connectivity index (χ4n) is 4.14. The Morgan fingerprint density at radius 1 is 1.19 bits per heavy atom. The first-order valence-corrected chi connectivity index (χ1v) is 10.6. The lowest BCUT2D eigenvalue weighted by Gasteiger charge is -2.41. The minimum atomic E-state index is -0.250. The van der Waals surface area contributed by atoms with E-state index >= 15 is 0 Å². The van der Waals surface area contributed by atoms with Crippen LogP contribution in [0.3, 0.4) is 0 Å². The largest absolute Gasteiger partial charge is 0.483 e. The first-order chi connectivity index (χ1) is 15.1. The van der Waals surface area contributed by atoms with Crippen molar-refractivity contribution in [2.24, 2.45) is 0 Å². The molecule has 10 heteroatoms. The zero-order chi connectivity index (χ0) is 21.8. The molecule has 0 bridgehead atoms. The van der Waals surface area contributed by atoms with Gasteiger partial charge < -0.3 is 20.2 Å². The minimum Gasteiger partial charge on any atom is -0.483 e. The number of hydrogen-bond acceptors (Lipinski definition) is 9. The summed E-state index contributed by atoms with van der Waals surface area (Å²) in [6, 6.07) is 10.6. The molecule has 160 valence electrons. The molecule has 4 aromatic rings. The van der Waals surface area contributed by atoms with Crippen LogP contribution in [0.15, 0.2) is 46.5 Å². The topological polar surface area (TPSA) is 131 Å². The molecule has 0 aliphatic carbocycles. The highest BCUT2D eigenvalue weighted by atomic mass is 32.1. The van der Waals surface area contributed by atoms with Gasteiger partial charge in [0.25, 0.3) is 12.2 Å². The van der Waals surface area contributed by atoms with Gasteiger partial charge in [-0.25, -0.2) is 15.0 Å². The summed E-state index contributed by atoms with van der Waals surface area (Å²) in [5.41, 5.74) is 9.43. The number of aromatic nitrogens is 4. The Morgan fingerprint density at radius 3 is 2.55 bits per heavy atom. The zero-order valence-electron chi connectivity index (χ0n) is 16.9. The molecule has 3 N–H and O–H groups in total. The average Bonchev–Trinajstić information content (AvgIpc) is 3.40. The molecular formula is C21H22N6O3S. The third kappa shape index (κ3) is 3.93. The van der Waals surface area contributed by atoms with Crippen molar-refractivity contribution in [3.8, 4) is 0 Å². The van der Waals surface area contributed by atoms with Gasteiger partial charge in [0.15, 0.2) is 22.4 Å². The van der Waals surface area contributed by atoms with Crippen LogP contribution in [0.25, 0.3) is 11.2 Å². The van der Waals surface area contributed by atoms with Gasteiger partial charge in [0.2, 0.25) is 0 Å². The van der Waals surface area contributed by atoms with E-state index in [0.717, 1.165) is 43.0 Å². The standard InChI is InChI=1S/C20H20N6OS.CH2O2/c1-13-24-16-17(22-12-23-18(16)27-13)26-9-7-20(8-10-26,14-5-3-2-4-6-14)15-11-28-19(21)25-15;2-1-3/h2-6,11-12H,7-10H2,1H3,(H2,21,25);1H,(H,2,3). The molecule has 31 heavy (non-hydrogen) atoms. The van der Waals surface area contributed by atoms with E-state index in [1.165, 1.54) is 16.9 Å². The van der Waals surface area contributed by atoms with E-state index in [-0.39, 0.29) is 11.9 Å². The van der Waals surface area contributed by atoms with Crippen molar-refractivity contribution < 1.29 is 14.3 Å². The molecule has 1 aliphatic heterocycles. The minimum absolute atomic E-state index is 0.141. The number of carboxylic acid groups (broad SMARTS) is 1. The number of fused-ring (bicyclic) bond motifs is 1. The van der Waals surface area contributed by atoms with Crippen LogP contribution in [-0.2, 0) is 10.2 Å². The molecule has 0 spiro atoms. The lowest BCUT2D eigenvalue weighted by Crippen LogP contribution is -2.44. The molecule has 9 nitrogen and oxygen atoms in total. The Balaban J connectivity index is 0.000000730. The van der Waals surface area contributed by atoms with Crippen LogP contribution in [0.4, 0.5) is 10.9 Å². The van der Waals surface area contributed by atoms with E-state index in [1.54, 1.807) is 6.33 Å². The van der Waals surface area contributed by atoms with Gasteiger partial charge in [0.05, 0.1) is 5.69 Å². The number of nitrogens with zero attached hydrogens (tertiary/aromatic N) is 5. The van der Waals surface area contributed by atoms with Crippen molar-refractivity contribution in [2.45, 2.75) is 25.2 Å². The molecule has 0 amide bonds. The van der Waals surface area contributed by atoms with E-state index < -0.39 is 0 Å². The molecule has 0 radical (unpaired) electrons. The smallest absolute Gasteiger partial charge is 0.290 e. The van der Waals surface area contributed by atoms with Gasteiger partial charge in [0, 0.05) is 30.8 Å². The third-order valence-corrected chi connectivity index (χ3v) is 6.21. The maximum atomic E-state index is 8.36. The molecule has 1 fully saturated rings. The normalized spacial score (nSPS) is 15.3. The maximum Gasteiger partial charge on any atom is 0.290 e. The highest BCUT2D eigenvalue weighted by molar-refractivity contribution is 7.13. The van der Waals surface area contributed by atoms with Crippen LogP contribution >= 0.6 is 11.3 Å². The first-order valence-electron chi connectivity index (χ1n) is 9.75. The molecule has 4 heterocycles. The number of oxazole rings is 1. The molecular weight excluding hydrogens is 416 g/mol. The Hall–Kier alpha value is -3.53. The van der Waals surface area contributed by atoms with Crippen molar-refractivity contribution >= 4 is 40.0 Å². The quantitative estimate of drug-likeness (QED) is 0.463. The SMILES string of the molecule is Cc1nc2c(N3CCC(c4ccccc4)(c4csc(N)n4)CC3)ncnc2o1.O=CO. The second-order valence-corrected chi connectivity index (χ2v) is 8.09. The summed E-state index contributed by atoms with van der Waals surface area (Å²) in [7, 11) is 0. The van der Waals surface area contributed by atoms with Gasteiger partial charge in [-0.05, 0) is 18.4 Å². The summed E-state index contributed by atoms with van der Waals surface area (Å²) in [6.07, 6.45) is 3.38. The lowest BCUT2D eigenvalue weighted by atomic mass is 9.70. The number of nitrogen functional groups attached to an aromatic ring is 1. The molecule has 0 unspecified atom stereocenters. The number of benzene rings is 1. The van der Waals surface area contributed by atoms with E-state index in [9.17, 15) is 0 Å². The molecule has 3 aromatic heterocycles. The van der Waals surface area contributed by atoms with E-state index in [2.05, 4.69) is 54.5 Å². The second-order valence-electron chi connectivity index (χ2n) is 7.20. The Labute approximate surface area is 182 Å². The Morgan fingerprint density at radius 2 is 1.90 bits per heavy atom. The Bertz CT molecular complexity index is 1170. The van der Waals surface area contributed by atoms with Crippen LogP contribution in [0, 0.1) is 6.92 Å². The number of nitrogens with two attached hydrogens (primary N) is 1. The number of hydrogen-bond donors (Lipinski definition) is 2. The van der Waals surface area contributed by atoms with E-state index in [0.29, 0.717) is 16.7 Å². The monoisotopic (exact) mass is 438 g/mol. The Kier molecular flexibility index (Phi) is 5.81. The lowest BCUT2D eigenvalue weighted by molar-refractivity contribution is -0.122. The number of aryl methyl sites for hydroxylation is 1. The fraction of sp³-hybridized carbons (Fsp3) is 0.286. The summed E-state index contributed by atoms with van der Waals surface area (Å²) < 4.78 is 5.57. The van der Waals surface area contributed by atoms with Crippen LogP contribution in [0.1, 0.15) is 30.0 Å². The summed E-state index contributed by atoms with van der Waals surface area (Å²) in [4.78, 5) is 28.5. The van der Waals surface area contributed by atoms with Crippen molar-refractivity contribution in [3.63, 3.8) is 0 Å². The van der Waals surface area contributed by atoms with Crippen molar-refractivity contribution in [1.82, 2.24) is 19.9 Å². The summed E-state index contributed by atoms with van der Waals surface area (Å²) in [6.45, 7) is 3.25. The van der Waals surface area contributed by atoms with Crippen LogP contribution in [0.5, 0.6) is 0 Å². The van der Waals surface area contributed by atoms with Crippen molar-refractivity contribution in [3.05, 3.63) is 59.2 Å². The number of thiazole rings is 1. The fourth-order valence-corrected chi connectivity index (χ4v) is 4.80. The molecule has 1 aliphatic rings. The maximum absolute atomic E-state index is 8.36. The van der Waals surface area contributed by atoms with Crippen molar-refractivity contribution in [2.75, 3.05) is 23.7 Å². The summed E-state index contributed by atoms with van der Waals surface area (Å²) in [5, 5.41) is 9.60. The number of piperidine rings is 1. The van der Waals surface area contributed by atoms with Gasteiger partial charge in [-0.2, -0.15) is 4.98 Å². The average molecular weight is 439 g/mol. The summed E-state index contributed by atoms with van der Waals surface area (Å²) in [5.74, 6) is 1.44. The zero-order valence-corrected chi connectivity index (χ0v) is 17.7. The van der Waals surface area contributed by atoms with Crippen LogP contribution in [0.2, 0.25) is 0 Å². The molecule has 5 rings (SSSR count). The molecule has 0 atom stereocenters. The van der Waals surface area contributed by atoms with Crippen LogP contribution < -0.4 is 10.6 Å². The summed E-state index contributed by atoms with van der Waals surface area (Å²) >= 11 is 1.50. The highest BCUT2D eigenvalue weighted by Crippen LogP contribution is 2.43. The first kappa shape index (κ1) is 20.7. The van der Waals surface area contributed by atoms with Gasteiger partial charge in [0.1, 0.15) is 6.33 Å². The van der Waals surface area contributed by atoms with Gasteiger partial charge in [-0.15, -0.1) is 11.3 Å². The molecule has 0 saturated carbocycles.